The normalized spacial score (nSPS) is 16.8. The maximum atomic E-state index is 11.4. The number of hydrogen-bond donors (Lipinski definition) is 3. The fraction of sp³-hybridized carbons (Fsp3) is 0.353. The van der Waals surface area contributed by atoms with Gasteiger partial charge in [0.25, 0.3) is 0 Å². The number of anilines is 4. The van der Waals surface area contributed by atoms with Crippen molar-refractivity contribution in [2.75, 3.05) is 29.2 Å². The summed E-state index contributed by atoms with van der Waals surface area (Å²) in [5, 5.41) is 9.48. The second-order valence-electron chi connectivity index (χ2n) is 6.15. The molecular weight excluding hydrogens is 306 g/mol. The van der Waals surface area contributed by atoms with Gasteiger partial charge in [-0.1, -0.05) is 0 Å². The van der Waals surface area contributed by atoms with Gasteiger partial charge in [0.15, 0.2) is 0 Å². The highest BCUT2D eigenvalue weighted by atomic mass is 16.5. The van der Waals surface area contributed by atoms with E-state index in [1.54, 1.807) is 6.20 Å². The van der Waals surface area contributed by atoms with E-state index in [1.807, 2.05) is 25.1 Å². The molecule has 4 rings (SSSR count). The molecule has 0 unspecified atom stereocenters. The largest absolute Gasteiger partial charge is 0.377 e. The van der Waals surface area contributed by atoms with Crippen LogP contribution < -0.4 is 16.0 Å². The lowest BCUT2D eigenvalue weighted by atomic mass is 10.0. The van der Waals surface area contributed by atoms with E-state index in [0.717, 1.165) is 34.7 Å². The van der Waals surface area contributed by atoms with E-state index in [9.17, 15) is 4.79 Å². The Kier molecular flexibility index (Phi) is 3.78. The number of aromatic nitrogens is 2. The first-order chi connectivity index (χ1) is 11.7. The monoisotopic (exact) mass is 325 g/mol. The van der Waals surface area contributed by atoms with Crippen molar-refractivity contribution in [2.45, 2.75) is 25.8 Å². The summed E-state index contributed by atoms with van der Waals surface area (Å²) in [4.78, 5) is 20.3. The summed E-state index contributed by atoms with van der Waals surface area (Å²) in [6, 6.07) is 6.18. The number of aryl methyl sites for hydroxylation is 2. The molecule has 24 heavy (non-hydrogen) atoms. The topological polar surface area (TPSA) is 88.2 Å². The number of amides is 1. The number of nitrogens with zero attached hydrogens (tertiary/aromatic N) is 2. The van der Waals surface area contributed by atoms with Crippen LogP contribution in [-0.2, 0) is 16.0 Å². The first kappa shape index (κ1) is 14.9. The van der Waals surface area contributed by atoms with Gasteiger partial charge < -0.3 is 20.7 Å². The molecule has 0 atom stereocenters. The Hall–Kier alpha value is -2.67. The minimum absolute atomic E-state index is 0.0702. The number of nitrogens with one attached hydrogen (secondary N) is 3. The number of fused-ring (bicyclic) bond motifs is 1. The third-order valence-corrected chi connectivity index (χ3v) is 4.21. The molecule has 1 aromatic carbocycles. The molecule has 7 nitrogen and oxygen atoms in total. The number of carbonyl (C=O) groups is 1. The Morgan fingerprint density at radius 2 is 2.17 bits per heavy atom. The lowest BCUT2D eigenvalue weighted by molar-refractivity contribution is -0.116. The number of benzene rings is 1. The zero-order valence-electron chi connectivity index (χ0n) is 13.4. The van der Waals surface area contributed by atoms with Gasteiger partial charge in [0.2, 0.25) is 11.9 Å². The molecule has 0 radical (unpaired) electrons. The maximum absolute atomic E-state index is 11.4. The zero-order valence-corrected chi connectivity index (χ0v) is 13.4. The van der Waals surface area contributed by atoms with Crippen molar-refractivity contribution in [1.29, 1.82) is 0 Å². The molecule has 1 saturated heterocycles. The van der Waals surface area contributed by atoms with E-state index < -0.39 is 0 Å². The smallest absolute Gasteiger partial charge is 0.229 e. The van der Waals surface area contributed by atoms with Crippen LogP contribution in [0.2, 0.25) is 0 Å². The van der Waals surface area contributed by atoms with Gasteiger partial charge in [-0.3, -0.25) is 4.79 Å². The standard InChI is InChI=1S/C17H19N5O2/c1-10-7-18-17(22-16(10)19-13-8-24-9-13)20-12-3-4-14-11(6-12)2-5-15(23)21-14/h3-4,6-7,13H,2,5,8-9H2,1H3,(H,21,23)(H2,18,19,20,22). The first-order valence-corrected chi connectivity index (χ1v) is 8.05. The number of carbonyl (C=O) groups excluding carboxylic acids is 1. The molecule has 1 amide bonds. The molecule has 3 heterocycles. The highest BCUT2D eigenvalue weighted by Gasteiger charge is 2.19. The lowest BCUT2D eigenvalue weighted by Crippen LogP contribution is -2.40. The molecule has 0 saturated carbocycles. The van der Waals surface area contributed by atoms with Gasteiger partial charge in [-0.25, -0.2) is 4.98 Å². The van der Waals surface area contributed by atoms with Gasteiger partial charge in [0.1, 0.15) is 5.82 Å². The molecule has 1 fully saturated rings. The second-order valence-corrected chi connectivity index (χ2v) is 6.15. The van der Waals surface area contributed by atoms with E-state index >= 15 is 0 Å². The van der Waals surface area contributed by atoms with E-state index in [-0.39, 0.29) is 5.91 Å². The average Bonchev–Trinajstić information content (AvgIpc) is 2.54. The Balaban J connectivity index is 1.52. The third-order valence-electron chi connectivity index (χ3n) is 4.21. The molecule has 1 aromatic heterocycles. The summed E-state index contributed by atoms with van der Waals surface area (Å²) < 4.78 is 5.18. The molecule has 2 aliphatic heterocycles. The lowest BCUT2D eigenvalue weighted by Gasteiger charge is -2.28. The van der Waals surface area contributed by atoms with Gasteiger partial charge in [0.05, 0.1) is 19.3 Å². The minimum Gasteiger partial charge on any atom is -0.377 e. The Morgan fingerprint density at radius 3 is 2.96 bits per heavy atom. The summed E-state index contributed by atoms with van der Waals surface area (Å²) in [7, 11) is 0. The quantitative estimate of drug-likeness (QED) is 0.799. The molecule has 2 aromatic rings. The molecule has 2 aliphatic rings. The van der Waals surface area contributed by atoms with Gasteiger partial charge in [-0.2, -0.15) is 4.98 Å². The molecule has 124 valence electrons. The van der Waals surface area contributed by atoms with Crippen LogP contribution in [-0.4, -0.2) is 35.1 Å². The van der Waals surface area contributed by atoms with Crippen LogP contribution in [0.3, 0.4) is 0 Å². The summed E-state index contributed by atoms with van der Waals surface area (Å²) in [5.74, 6) is 1.44. The maximum Gasteiger partial charge on any atom is 0.229 e. The summed E-state index contributed by atoms with van der Waals surface area (Å²) in [6.45, 7) is 3.40. The van der Waals surface area contributed by atoms with E-state index in [0.29, 0.717) is 31.6 Å². The number of rotatable bonds is 4. The molecule has 0 bridgehead atoms. The van der Waals surface area contributed by atoms with Crippen molar-refractivity contribution in [3.63, 3.8) is 0 Å². The fourth-order valence-electron chi connectivity index (χ4n) is 2.75. The van der Waals surface area contributed by atoms with Crippen LogP contribution in [0.15, 0.2) is 24.4 Å². The van der Waals surface area contributed by atoms with Crippen LogP contribution in [0.4, 0.5) is 23.1 Å². The van der Waals surface area contributed by atoms with Gasteiger partial charge in [0, 0.05) is 29.6 Å². The molecule has 7 heteroatoms. The van der Waals surface area contributed by atoms with E-state index in [1.165, 1.54) is 0 Å². The Labute approximate surface area is 139 Å². The molecular formula is C17H19N5O2. The predicted molar refractivity (Wildman–Crippen MR) is 91.7 cm³/mol. The second kappa shape index (κ2) is 6.09. The van der Waals surface area contributed by atoms with Crippen molar-refractivity contribution in [2.24, 2.45) is 0 Å². The highest BCUT2D eigenvalue weighted by Crippen LogP contribution is 2.27. The Morgan fingerprint density at radius 1 is 1.29 bits per heavy atom. The van der Waals surface area contributed by atoms with Gasteiger partial charge >= 0.3 is 0 Å². The molecule has 0 aliphatic carbocycles. The van der Waals surface area contributed by atoms with Crippen molar-refractivity contribution >= 4 is 29.0 Å². The molecule has 0 spiro atoms. The van der Waals surface area contributed by atoms with Crippen molar-refractivity contribution in [1.82, 2.24) is 9.97 Å². The van der Waals surface area contributed by atoms with Gasteiger partial charge in [-0.05, 0) is 37.1 Å². The van der Waals surface area contributed by atoms with Crippen LogP contribution in [0.1, 0.15) is 17.5 Å². The van der Waals surface area contributed by atoms with Crippen LogP contribution in [0.5, 0.6) is 0 Å². The van der Waals surface area contributed by atoms with E-state index in [4.69, 9.17) is 4.74 Å². The van der Waals surface area contributed by atoms with Crippen molar-refractivity contribution in [3.05, 3.63) is 35.5 Å². The zero-order chi connectivity index (χ0) is 16.5. The Bertz CT molecular complexity index is 789. The third kappa shape index (κ3) is 3.03. The highest BCUT2D eigenvalue weighted by molar-refractivity contribution is 5.94. The molecule has 3 N–H and O–H groups in total. The minimum atomic E-state index is 0.0702. The van der Waals surface area contributed by atoms with Crippen molar-refractivity contribution in [3.8, 4) is 0 Å². The summed E-state index contributed by atoms with van der Waals surface area (Å²) in [6.07, 6.45) is 3.07. The fourth-order valence-corrected chi connectivity index (χ4v) is 2.75. The first-order valence-electron chi connectivity index (χ1n) is 8.05. The average molecular weight is 325 g/mol. The van der Waals surface area contributed by atoms with Crippen LogP contribution in [0.25, 0.3) is 0 Å². The predicted octanol–water partition coefficient (Wildman–Crippen LogP) is 2.22. The van der Waals surface area contributed by atoms with Gasteiger partial charge in [-0.15, -0.1) is 0 Å². The van der Waals surface area contributed by atoms with Crippen LogP contribution in [0, 0.1) is 6.92 Å². The SMILES string of the molecule is Cc1cnc(Nc2ccc3c(c2)CCC(=O)N3)nc1NC1COC1. The van der Waals surface area contributed by atoms with Crippen LogP contribution >= 0.6 is 0 Å². The number of ether oxygens (including phenoxy) is 1. The summed E-state index contributed by atoms with van der Waals surface area (Å²) >= 11 is 0. The number of hydrogen-bond acceptors (Lipinski definition) is 6. The van der Waals surface area contributed by atoms with Crippen molar-refractivity contribution < 1.29 is 9.53 Å². The summed E-state index contributed by atoms with van der Waals surface area (Å²) in [5.41, 5.74) is 3.91. The van der Waals surface area contributed by atoms with E-state index in [2.05, 4.69) is 25.9 Å².